The standard InChI is InChI=1S/C13H21N3/c1-2-10-6-11(4-3-5-13(15)16)8-12(7-10)9-14/h6-8H,2-5,9,14H2,1H3,(H3,15,16). The number of nitrogens with one attached hydrogen (secondary N) is 1. The molecule has 16 heavy (non-hydrogen) atoms. The van der Waals surface area contributed by atoms with Gasteiger partial charge in [0.25, 0.3) is 0 Å². The van der Waals surface area contributed by atoms with Crippen LogP contribution in [0.4, 0.5) is 0 Å². The second-order valence-corrected chi connectivity index (χ2v) is 4.09. The molecule has 88 valence electrons. The quantitative estimate of drug-likeness (QED) is 0.505. The molecular formula is C13H21N3. The van der Waals surface area contributed by atoms with Crippen LogP contribution >= 0.6 is 0 Å². The number of nitrogens with two attached hydrogens (primary N) is 2. The molecule has 1 aromatic rings. The van der Waals surface area contributed by atoms with Crippen LogP contribution in [0.3, 0.4) is 0 Å². The Morgan fingerprint density at radius 2 is 1.81 bits per heavy atom. The third-order valence-corrected chi connectivity index (χ3v) is 2.67. The van der Waals surface area contributed by atoms with Crippen LogP contribution in [-0.4, -0.2) is 5.84 Å². The largest absolute Gasteiger partial charge is 0.388 e. The molecule has 0 unspecified atom stereocenters. The van der Waals surface area contributed by atoms with E-state index in [2.05, 4.69) is 25.1 Å². The first-order chi connectivity index (χ1) is 7.65. The van der Waals surface area contributed by atoms with Gasteiger partial charge in [0.05, 0.1) is 5.84 Å². The average molecular weight is 219 g/mol. The van der Waals surface area contributed by atoms with Crippen LogP contribution in [0, 0.1) is 5.41 Å². The molecule has 1 aromatic carbocycles. The van der Waals surface area contributed by atoms with Crippen LogP contribution in [0.2, 0.25) is 0 Å². The Balaban J connectivity index is 2.67. The summed E-state index contributed by atoms with van der Waals surface area (Å²) in [7, 11) is 0. The monoisotopic (exact) mass is 219 g/mol. The maximum atomic E-state index is 7.17. The second-order valence-electron chi connectivity index (χ2n) is 4.09. The molecule has 1 rings (SSSR count). The van der Waals surface area contributed by atoms with E-state index in [9.17, 15) is 0 Å². The maximum Gasteiger partial charge on any atom is 0.0905 e. The van der Waals surface area contributed by atoms with Gasteiger partial charge in [-0.15, -0.1) is 0 Å². The Kier molecular flexibility index (Phi) is 4.99. The molecular weight excluding hydrogens is 198 g/mol. The number of amidine groups is 1. The molecule has 0 radical (unpaired) electrons. The summed E-state index contributed by atoms with van der Waals surface area (Å²) in [5.74, 6) is 0.269. The predicted molar refractivity (Wildman–Crippen MR) is 68.6 cm³/mol. The Hall–Kier alpha value is -1.35. The minimum absolute atomic E-state index is 0.269. The highest BCUT2D eigenvalue weighted by Gasteiger charge is 2.00. The van der Waals surface area contributed by atoms with Gasteiger partial charge in [0, 0.05) is 13.0 Å². The molecule has 0 aliphatic rings. The highest BCUT2D eigenvalue weighted by atomic mass is 14.7. The fourth-order valence-electron chi connectivity index (χ4n) is 1.79. The average Bonchev–Trinajstić information content (AvgIpc) is 2.28. The first kappa shape index (κ1) is 12.7. The van der Waals surface area contributed by atoms with Crippen LogP contribution in [0.15, 0.2) is 18.2 Å². The van der Waals surface area contributed by atoms with Crippen molar-refractivity contribution in [1.82, 2.24) is 0 Å². The maximum absolute atomic E-state index is 7.17. The SMILES string of the molecule is CCc1cc(CN)cc(CCCC(=N)N)c1. The molecule has 0 aliphatic carbocycles. The van der Waals surface area contributed by atoms with Gasteiger partial charge in [-0.2, -0.15) is 0 Å². The number of benzene rings is 1. The van der Waals surface area contributed by atoms with Crippen molar-refractivity contribution in [2.24, 2.45) is 11.5 Å². The summed E-state index contributed by atoms with van der Waals surface area (Å²) in [6.07, 6.45) is 3.62. The summed E-state index contributed by atoms with van der Waals surface area (Å²) in [6, 6.07) is 6.53. The van der Waals surface area contributed by atoms with E-state index in [4.69, 9.17) is 16.9 Å². The summed E-state index contributed by atoms with van der Waals surface area (Å²) in [5, 5.41) is 7.17. The number of rotatable bonds is 6. The second kappa shape index (κ2) is 6.28. The Morgan fingerprint density at radius 1 is 1.19 bits per heavy atom. The van der Waals surface area contributed by atoms with E-state index in [-0.39, 0.29) is 5.84 Å². The lowest BCUT2D eigenvalue weighted by Gasteiger charge is -2.07. The third kappa shape index (κ3) is 4.03. The highest BCUT2D eigenvalue weighted by molar-refractivity contribution is 5.76. The van der Waals surface area contributed by atoms with Crippen molar-refractivity contribution in [3.8, 4) is 0 Å². The number of hydrogen-bond donors (Lipinski definition) is 3. The molecule has 0 atom stereocenters. The lowest BCUT2D eigenvalue weighted by molar-refractivity contribution is 0.851. The zero-order valence-corrected chi connectivity index (χ0v) is 9.92. The van der Waals surface area contributed by atoms with Gasteiger partial charge >= 0.3 is 0 Å². The van der Waals surface area contributed by atoms with Crippen molar-refractivity contribution in [2.75, 3.05) is 0 Å². The van der Waals surface area contributed by atoms with Crippen LogP contribution < -0.4 is 11.5 Å². The van der Waals surface area contributed by atoms with E-state index in [0.717, 1.165) is 19.3 Å². The van der Waals surface area contributed by atoms with Gasteiger partial charge < -0.3 is 11.5 Å². The third-order valence-electron chi connectivity index (χ3n) is 2.67. The van der Waals surface area contributed by atoms with E-state index in [1.807, 2.05) is 0 Å². The summed E-state index contributed by atoms with van der Waals surface area (Å²) < 4.78 is 0. The molecule has 3 nitrogen and oxygen atoms in total. The topological polar surface area (TPSA) is 75.9 Å². The van der Waals surface area contributed by atoms with Crippen LogP contribution in [0.25, 0.3) is 0 Å². The predicted octanol–water partition coefficient (Wildman–Crippen LogP) is 1.97. The minimum Gasteiger partial charge on any atom is -0.388 e. The first-order valence-corrected chi connectivity index (χ1v) is 5.80. The van der Waals surface area contributed by atoms with Crippen molar-refractivity contribution < 1.29 is 0 Å². The van der Waals surface area contributed by atoms with E-state index >= 15 is 0 Å². The van der Waals surface area contributed by atoms with Crippen LogP contribution in [0.5, 0.6) is 0 Å². The summed E-state index contributed by atoms with van der Waals surface area (Å²) in [5.41, 5.74) is 14.8. The lowest BCUT2D eigenvalue weighted by Crippen LogP contribution is -2.09. The van der Waals surface area contributed by atoms with E-state index in [0.29, 0.717) is 13.0 Å². The van der Waals surface area contributed by atoms with Gasteiger partial charge in [-0.3, -0.25) is 5.41 Å². The highest BCUT2D eigenvalue weighted by Crippen LogP contribution is 2.13. The van der Waals surface area contributed by atoms with Gasteiger partial charge in [-0.25, -0.2) is 0 Å². The molecule has 0 bridgehead atoms. The first-order valence-electron chi connectivity index (χ1n) is 5.80. The van der Waals surface area contributed by atoms with E-state index < -0.39 is 0 Å². The molecule has 0 saturated carbocycles. The molecule has 0 spiro atoms. The fourth-order valence-corrected chi connectivity index (χ4v) is 1.79. The summed E-state index contributed by atoms with van der Waals surface area (Å²) >= 11 is 0. The van der Waals surface area contributed by atoms with Crippen molar-refractivity contribution in [2.45, 2.75) is 39.2 Å². The zero-order chi connectivity index (χ0) is 12.0. The summed E-state index contributed by atoms with van der Waals surface area (Å²) in [4.78, 5) is 0. The molecule has 0 aliphatic heterocycles. The lowest BCUT2D eigenvalue weighted by atomic mass is 10.0. The van der Waals surface area contributed by atoms with E-state index in [1.54, 1.807) is 0 Å². The van der Waals surface area contributed by atoms with Crippen molar-refractivity contribution in [3.63, 3.8) is 0 Å². The smallest absolute Gasteiger partial charge is 0.0905 e. The van der Waals surface area contributed by atoms with E-state index in [1.165, 1.54) is 16.7 Å². The Bertz CT molecular complexity index is 336. The molecule has 0 fully saturated rings. The van der Waals surface area contributed by atoms with Gasteiger partial charge in [-0.1, -0.05) is 25.1 Å². The molecule has 0 amide bonds. The van der Waals surface area contributed by atoms with Crippen molar-refractivity contribution >= 4 is 5.84 Å². The Morgan fingerprint density at radius 3 is 2.38 bits per heavy atom. The number of aryl methyl sites for hydroxylation is 2. The number of hydrogen-bond acceptors (Lipinski definition) is 2. The molecule has 3 heteroatoms. The molecule has 0 saturated heterocycles. The van der Waals surface area contributed by atoms with Gasteiger partial charge in [-0.05, 0) is 36.0 Å². The molecule has 0 aromatic heterocycles. The molecule has 0 heterocycles. The Labute approximate surface area is 97.4 Å². The minimum atomic E-state index is 0.269. The fraction of sp³-hybridized carbons (Fsp3) is 0.462. The van der Waals surface area contributed by atoms with Crippen molar-refractivity contribution in [1.29, 1.82) is 5.41 Å². The van der Waals surface area contributed by atoms with Gasteiger partial charge in [0.1, 0.15) is 0 Å². The van der Waals surface area contributed by atoms with Crippen LogP contribution in [-0.2, 0) is 19.4 Å². The van der Waals surface area contributed by atoms with Gasteiger partial charge in [0.15, 0.2) is 0 Å². The zero-order valence-electron chi connectivity index (χ0n) is 9.92. The van der Waals surface area contributed by atoms with Crippen LogP contribution in [0.1, 0.15) is 36.5 Å². The normalized spacial score (nSPS) is 10.4. The summed E-state index contributed by atoms with van der Waals surface area (Å²) in [6.45, 7) is 2.74. The van der Waals surface area contributed by atoms with Gasteiger partial charge in [0.2, 0.25) is 0 Å². The molecule has 5 N–H and O–H groups in total. The van der Waals surface area contributed by atoms with Crippen molar-refractivity contribution in [3.05, 3.63) is 34.9 Å².